The van der Waals surface area contributed by atoms with Crippen molar-refractivity contribution in [1.29, 1.82) is 0 Å². The second-order valence-corrected chi connectivity index (χ2v) is 8.11. The van der Waals surface area contributed by atoms with Crippen molar-refractivity contribution in [2.24, 2.45) is 0 Å². The first-order valence-electron chi connectivity index (χ1n) is 8.16. The van der Waals surface area contributed by atoms with E-state index in [0.717, 1.165) is 11.3 Å². The summed E-state index contributed by atoms with van der Waals surface area (Å²) in [6, 6.07) is 15.7. The largest absolute Gasteiger partial charge is 0.447 e. The molecular weight excluding hydrogens is 340 g/mol. The minimum Gasteiger partial charge on any atom is -0.447 e. The third kappa shape index (κ3) is 2.79. The van der Waals surface area contributed by atoms with Crippen molar-refractivity contribution < 1.29 is 17.9 Å². The Morgan fingerprint density at radius 1 is 1.00 bits per heavy atom. The fourth-order valence-electron chi connectivity index (χ4n) is 3.36. The van der Waals surface area contributed by atoms with E-state index >= 15 is 0 Å². The van der Waals surface area contributed by atoms with Crippen LogP contribution in [0.15, 0.2) is 59.5 Å². The molecule has 0 radical (unpaired) electrons. The second kappa shape index (κ2) is 6.16. The maximum atomic E-state index is 13.0. The summed E-state index contributed by atoms with van der Waals surface area (Å²) in [5.41, 5.74) is 1.52. The maximum Gasteiger partial charge on any atom is 0.414 e. The Bertz CT molecular complexity index is 898. The third-order valence-electron chi connectivity index (χ3n) is 4.65. The van der Waals surface area contributed by atoms with E-state index in [1.165, 1.54) is 4.31 Å². The van der Waals surface area contributed by atoms with Gasteiger partial charge in [-0.05, 0) is 30.2 Å². The van der Waals surface area contributed by atoms with E-state index in [-0.39, 0.29) is 30.2 Å². The van der Waals surface area contributed by atoms with Gasteiger partial charge in [-0.2, -0.15) is 4.31 Å². The van der Waals surface area contributed by atoms with Crippen LogP contribution in [0.1, 0.15) is 12.0 Å². The lowest BCUT2D eigenvalue weighted by Gasteiger charge is -2.31. The van der Waals surface area contributed by atoms with Gasteiger partial charge in [0, 0.05) is 13.1 Å². The zero-order valence-corrected chi connectivity index (χ0v) is 14.4. The number of fused-ring (bicyclic) bond motifs is 3. The van der Waals surface area contributed by atoms with E-state index in [4.69, 9.17) is 4.74 Å². The van der Waals surface area contributed by atoms with Crippen LogP contribution in [0.25, 0.3) is 0 Å². The van der Waals surface area contributed by atoms with Gasteiger partial charge in [0.15, 0.2) is 0 Å². The summed E-state index contributed by atoms with van der Waals surface area (Å²) < 4.78 is 32.7. The molecule has 7 heteroatoms. The molecule has 1 saturated heterocycles. The molecule has 2 aliphatic rings. The van der Waals surface area contributed by atoms with Crippen LogP contribution in [-0.4, -0.2) is 38.0 Å². The number of benzene rings is 2. The van der Waals surface area contributed by atoms with Crippen LogP contribution < -0.4 is 4.90 Å². The molecule has 2 aliphatic heterocycles. The van der Waals surface area contributed by atoms with Crippen LogP contribution in [-0.2, 0) is 21.3 Å². The van der Waals surface area contributed by atoms with Crippen LogP contribution in [0.3, 0.4) is 0 Å². The molecule has 1 amide bonds. The van der Waals surface area contributed by atoms with Gasteiger partial charge < -0.3 is 4.74 Å². The van der Waals surface area contributed by atoms with Gasteiger partial charge in [0.25, 0.3) is 0 Å². The Labute approximate surface area is 146 Å². The number of amides is 1. The van der Waals surface area contributed by atoms with Crippen LogP contribution >= 0.6 is 0 Å². The van der Waals surface area contributed by atoms with Gasteiger partial charge in [-0.3, -0.25) is 4.90 Å². The van der Waals surface area contributed by atoms with Crippen LogP contribution in [0.2, 0.25) is 0 Å². The van der Waals surface area contributed by atoms with Crippen LogP contribution in [0.4, 0.5) is 10.5 Å². The predicted molar refractivity (Wildman–Crippen MR) is 92.7 cm³/mol. The molecule has 130 valence electrons. The van der Waals surface area contributed by atoms with Crippen molar-refractivity contribution in [3.63, 3.8) is 0 Å². The molecule has 0 aliphatic carbocycles. The number of cyclic esters (lactones) is 1. The molecule has 1 unspecified atom stereocenters. The van der Waals surface area contributed by atoms with E-state index in [1.54, 1.807) is 35.2 Å². The number of para-hydroxylation sites is 1. The average molecular weight is 358 g/mol. The fraction of sp³-hybridized carbons (Fsp3) is 0.278. The molecule has 0 saturated carbocycles. The molecular formula is C18H18N2O4S. The van der Waals surface area contributed by atoms with Crippen molar-refractivity contribution in [2.45, 2.75) is 23.9 Å². The normalized spacial score (nSPS) is 21.0. The Morgan fingerprint density at radius 3 is 2.52 bits per heavy atom. The molecule has 4 rings (SSSR count). The first-order valence-corrected chi connectivity index (χ1v) is 9.60. The molecule has 0 N–H and O–H groups in total. The van der Waals surface area contributed by atoms with E-state index < -0.39 is 10.0 Å². The first-order chi connectivity index (χ1) is 12.1. The standard InChI is InChI=1S/C18H18N2O4S/c21-18-20-15(13-24-18)10-11-19(12-14-6-4-5-9-17(14)20)25(22,23)16-7-2-1-3-8-16/h1-9,15H,10-13H2. The fourth-order valence-corrected chi connectivity index (χ4v) is 4.81. The minimum absolute atomic E-state index is 0.151. The highest BCUT2D eigenvalue weighted by molar-refractivity contribution is 7.89. The summed E-state index contributed by atoms with van der Waals surface area (Å²) >= 11 is 0. The Balaban J connectivity index is 1.76. The highest BCUT2D eigenvalue weighted by atomic mass is 32.2. The van der Waals surface area contributed by atoms with Crippen LogP contribution in [0, 0.1) is 0 Å². The van der Waals surface area contributed by atoms with Crippen molar-refractivity contribution in [3.8, 4) is 0 Å². The van der Waals surface area contributed by atoms with Gasteiger partial charge in [-0.1, -0.05) is 36.4 Å². The summed E-state index contributed by atoms with van der Waals surface area (Å²) in [7, 11) is -3.60. The number of ether oxygens (including phenoxy) is 1. The number of hydrogen-bond acceptors (Lipinski definition) is 4. The van der Waals surface area contributed by atoms with Crippen molar-refractivity contribution in [1.82, 2.24) is 4.31 Å². The summed E-state index contributed by atoms with van der Waals surface area (Å²) in [6.07, 6.45) is 0.170. The van der Waals surface area contributed by atoms with Crippen molar-refractivity contribution in [2.75, 3.05) is 18.1 Å². The molecule has 25 heavy (non-hydrogen) atoms. The molecule has 1 fully saturated rings. The number of carbonyl (C=O) groups is 1. The van der Waals surface area contributed by atoms with E-state index in [9.17, 15) is 13.2 Å². The molecule has 0 aromatic heterocycles. The van der Waals surface area contributed by atoms with Gasteiger partial charge in [0.1, 0.15) is 6.61 Å². The Kier molecular flexibility index (Phi) is 3.97. The highest BCUT2D eigenvalue weighted by Crippen LogP contribution is 2.33. The Hall–Kier alpha value is -2.38. The van der Waals surface area contributed by atoms with Crippen LogP contribution in [0.5, 0.6) is 0 Å². The number of sulfonamides is 1. The maximum absolute atomic E-state index is 13.0. The number of carbonyl (C=O) groups excluding carboxylic acids is 1. The van der Waals surface area contributed by atoms with Gasteiger partial charge in [-0.15, -0.1) is 0 Å². The zero-order valence-electron chi connectivity index (χ0n) is 13.5. The third-order valence-corrected chi connectivity index (χ3v) is 6.51. The molecule has 2 heterocycles. The zero-order chi connectivity index (χ0) is 17.4. The smallest absolute Gasteiger partial charge is 0.414 e. The van der Waals surface area contributed by atoms with Gasteiger partial charge in [0.2, 0.25) is 10.0 Å². The summed E-state index contributed by atoms with van der Waals surface area (Å²) in [5.74, 6) is 0. The predicted octanol–water partition coefficient (Wildman–Crippen LogP) is 2.61. The lowest BCUT2D eigenvalue weighted by atomic mass is 10.1. The quantitative estimate of drug-likeness (QED) is 0.828. The first kappa shape index (κ1) is 16.1. The lowest BCUT2D eigenvalue weighted by Crippen LogP contribution is -2.42. The lowest BCUT2D eigenvalue weighted by molar-refractivity contribution is 0.178. The van der Waals surface area contributed by atoms with Gasteiger partial charge >= 0.3 is 6.09 Å². The summed E-state index contributed by atoms with van der Waals surface area (Å²) in [6.45, 7) is 0.847. The minimum atomic E-state index is -3.60. The highest BCUT2D eigenvalue weighted by Gasteiger charge is 2.38. The molecule has 0 spiro atoms. The SMILES string of the molecule is O=C1OCC2CCN(S(=O)(=O)c3ccccc3)Cc3ccccc3N12. The number of nitrogens with zero attached hydrogens (tertiary/aromatic N) is 2. The second-order valence-electron chi connectivity index (χ2n) is 6.17. The Morgan fingerprint density at radius 2 is 1.72 bits per heavy atom. The van der Waals surface area contributed by atoms with E-state index in [0.29, 0.717) is 13.0 Å². The number of anilines is 1. The molecule has 1 atom stereocenters. The molecule has 6 nitrogen and oxygen atoms in total. The van der Waals surface area contributed by atoms with Crippen molar-refractivity contribution in [3.05, 3.63) is 60.2 Å². The van der Waals surface area contributed by atoms with Crippen molar-refractivity contribution >= 4 is 21.8 Å². The summed E-state index contributed by atoms with van der Waals surface area (Å²) in [5, 5.41) is 0. The summed E-state index contributed by atoms with van der Waals surface area (Å²) in [4.78, 5) is 14.0. The van der Waals surface area contributed by atoms with Gasteiger partial charge in [-0.25, -0.2) is 13.2 Å². The molecule has 2 aromatic rings. The van der Waals surface area contributed by atoms with E-state index in [2.05, 4.69) is 0 Å². The monoisotopic (exact) mass is 358 g/mol. The molecule has 2 aromatic carbocycles. The average Bonchev–Trinajstić information content (AvgIpc) is 2.97. The number of hydrogen-bond donors (Lipinski definition) is 0. The number of rotatable bonds is 2. The topological polar surface area (TPSA) is 66.9 Å². The molecule has 0 bridgehead atoms. The van der Waals surface area contributed by atoms with E-state index in [1.807, 2.05) is 24.3 Å². The van der Waals surface area contributed by atoms with Gasteiger partial charge in [0.05, 0.1) is 16.6 Å².